The quantitative estimate of drug-likeness (QED) is 0.661. The van der Waals surface area contributed by atoms with Crippen LogP contribution in [0.15, 0.2) is 0 Å². The highest BCUT2D eigenvalue weighted by molar-refractivity contribution is 7.86. The lowest BCUT2D eigenvalue weighted by Gasteiger charge is -2.34. The molecule has 2 heterocycles. The number of likely N-dealkylation sites (tertiary alicyclic amines) is 1. The molecule has 0 spiro atoms. The third-order valence-electron chi connectivity index (χ3n) is 3.88. The Morgan fingerprint density at radius 1 is 1.40 bits per heavy atom. The second kappa shape index (κ2) is 6.36. The van der Waals surface area contributed by atoms with Gasteiger partial charge < -0.3 is 9.64 Å². The van der Waals surface area contributed by atoms with Crippen molar-refractivity contribution in [2.45, 2.75) is 19.4 Å². The second-order valence-electron chi connectivity index (χ2n) is 5.57. The maximum atomic E-state index is 12.7. The number of hydrogen-bond acceptors (Lipinski definition) is 5. The molecule has 2 fully saturated rings. The molecule has 2 atom stereocenters. The summed E-state index contributed by atoms with van der Waals surface area (Å²) in [7, 11) is -4.51. The maximum Gasteiger partial charge on any atom is 0.302 e. The predicted octanol–water partition coefficient (Wildman–Crippen LogP) is -0.145. The molecular weight excluding hydrogens is 287 g/mol. The van der Waals surface area contributed by atoms with Crippen LogP contribution in [-0.2, 0) is 19.8 Å². The van der Waals surface area contributed by atoms with E-state index < -0.39 is 21.9 Å². The van der Waals surface area contributed by atoms with Crippen molar-refractivity contribution in [2.75, 3.05) is 45.1 Å². The van der Waals surface area contributed by atoms with Crippen LogP contribution < -0.4 is 0 Å². The zero-order chi connectivity index (χ0) is 14.8. The first kappa shape index (κ1) is 15.7. The number of ether oxygens (including phenoxy) is 1. The number of rotatable bonds is 5. The molecule has 2 aliphatic rings. The van der Waals surface area contributed by atoms with E-state index in [4.69, 9.17) is 4.74 Å². The lowest BCUT2D eigenvalue weighted by molar-refractivity contribution is -0.128. The number of carbonyl (C=O) groups is 1. The van der Waals surface area contributed by atoms with Gasteiger partial charge in [0.2, 0.25) is 5.91 Å². The molecule has 2 unspecified atom stereocenters. The number of amides is 1. The normalized spacial score (nSPS) is 27.0. The molecule has 0 aromatic rings. The highest BCUT2D eigenvalue weighted by atomic mass is 32.3. The molecule has 0 aromatic carbocycles. The van der Waals surface area contributed by atoms with Crippen LogP contribution in [0.5, 0.6) is 0 Å². The Bertz CT molecular complexity index is 450. The fraction of sp³-hybridized carbons (Fsp3) is 0.917. The summed E-state index contributed by atoms with van der Waals surface area (Å²) in [6.45, 7) is 6.00. The molecule has 8 heteroatoms. The van der Waals surface area contributed by atoms with Gasteiger partial charge in [-0.05, 0) is 6.92 Å². The molecule has 1 amide bonds. The standard InChI is InChI=1S/C12H21FN2O4S/c1-10(14-2-4-19-5-3-14)7-15-8-11(6-12(15)16)9-20(13,17)18/h10-11H,2-9H2,1H3. The van der Waals surface area contributed by atoms with Gasteiger partial charge in [-0.3, -0.25) is 9.69 Å². The Morgan fingerprint density at radius 2 is 2.05 bits per heavy atom. The van der Waals surface area contributed by atoms with Crippen molar-refractivity contribution < 1.29 is 21.8 Å². The summed E-state index contributed by atoms with van der Waals surface area (Å²) >= 11 is 0. The Balaban J connectivity index is 1.85. The van der Waals surface area contributed by atoms with Crippen molar-refractivity contribution in [1.82, 2.24) is 9.80 Å². The molecule has 6 nitrogen and oxygen atoms in total. The van der Waals surface area contributed by atoms with Crippen LogP contribution in [0.3, 0.4) is 0 Å². The Kier molecular flexibility index (Phi) is 4.98. The van der Waals surface area contributed by atoms with E-state index >= 15 is 0 Å². The van der Waals surface area contributed by atoms with Crippen LogP contribution >= 0.6 is 0 Å². The monoisotopic (exact) mass is 308 g/mol. The predicted molar refractivity (Wildman–Crippen MR) is 71.4 cm³/mol. The van der Waals surface area contributed by atoms with Crippen molar-refractivity contribution in [1.29, 1.82) is 0 Å². The number of halogens is 1. The van der Waals surface area contributed by atoms with Crippen LogP contribution in [0.2, 0.25) is 0 Å². The van der Waals surface area contributed by atoms with E-state index in [1.807, 2.05) is 6.92 Å². The zero-order valence-electron chi connectivity index (χ0n) is 11.6. The van der Waals surface area contributed by atoms with Gasteiger partial charge in [-0.1, -0.05) is 0 Å². The van der Waals surface area contributed by atoms with Crippen molar-refractivity contribution in [3.05, 3.63) is 0 Å². The van der Waals surface area contributed by atoms with E-state index in [9.17, 15) is 17.1 Å². The summed E-state index contributed by atoms with van der Waals surface area (Å²) in [5.74, 6) is -1.06. The largest absolute Gasteiger partial charge is 0.379 e. The maximum absolute atomic E-state index is 12.7. The molecule has 2 rings (SSSR count). The smallest absolute Gasteiger partial charge is 0.302 e. The molecule has 20 heavy (non-hydrogen) atoms. The summed E-state index contributed by atoms with van der Waals surface area (Å²) in [6, 6.07) is 0.198. The summed E-state index contributed by atoms with van der Waals surface area (Å²) in [4.78, 5) is 15.7. The molecule has 0 saturated carbocycles. The molecular formula is C12H21FN2O4S. The molecule has 0 aliphatic carbocycles. The molecule has 2 saturated heterocycles. The van der Waals surface area contributed by atoms with Gasteiger partial charge in [-0.2, -0.15) is 8.42 Å². The summed E-state index contributed by atoms with van der Waals surface area (Å²) in [5.41, 5.74) is 0. The first-order valence-electron chi connectivity index (χ1n) is 6.87. The van der Waals surface area contributed by atoms with Crippen molar-refractivity contribution in [3.8, 4) is 0 Å². The van der Waals surface area contributed by atoms with E-state index in [0.717, 1.165) is 13.1 Å². The average Bonchev–Trinajstić information content (AvgIpc) is 2.68. The molecule has 116 valence electrons. The molecule has 0 bridgehead atoms. The minimum atomic E-state index is -4.51. The minimum Gasteiger partial charge on any atom is -0.379 e. The van der Waals surface area contributed by atoms with E-state index in [-0.39, 0.29) is 18.4 Å². The Hall–Kier alpha value is -0.730. The van der Waals surface area contributed by atoms with Crippen molar-refractivity contribution in [3.63, 3.8) is 0 Å². The summed E-state index contributed by atoms with van der Waals surface area (Å²) in [5, 5.41) is 0. The third-order valence-corrected chi connectivity index (χ3v) is 4.75. The second-order valence-corrected chi connectivity index (χ2v) is 6.98. The fourth-order valence-electron chi connectivity index (χ4n) is 2.88. The van der Waals surface area contributed by atoms with Crippen LogP contribution in [0.1, 0.15) is 13.3 Å². The van der Waals surface area contributed by atoms with Gasteiger partial charge >= 0.3 is 10.2 Å². The Morgan fingerprint density at radius 3 is 2.65 bits per heavy atom. The number of nitrogens with zero attached hydrogens (tertiary/aromatic N) is 2. The van der Waals surface area contributed by atoms with Crippen LogP contribution in [0.4, 0.5) is 3.89 Å². The summed E-state index contributed by atoms with van der Waals surface area (Å²) in [6.07, 6.45) is 0.124. The Labute approximate surface area is 119 Å². The highest BCUT2D eigenvalue weighted by Crippen LogP contribution is 2.21. The molecule has 2 aliphatic heterocycles. The molecule has 0 N–H and O–H groups in total. The average molecular weight is 308 g/mol. The van der Waals surface area contributed by atoms with E-state index in [0.29, 0.717) is 26.3 Å². The fourth-order valence-corrected chi connectivity index (χ4v) is 3.66. The highest BCUT2D eigenvalue weighted by Gasteiger charge is 2.34. The van der Waals surface area contributed by atoms with E-state index in [2.05, 4.69) is 4.90 Å². The number of hydrogen-bond donors (Lipinski definition) is 0. The van der Waals surface area contributed by atoms with Crippen LogP contribution in [0, 0.1) is 5.92 Å². The van der Waals surface area contributed by atoms with Gasteiger partial charge in [0.15, 0.2) is 0 Å². The van der Waals surface area contributed by atoms with Gasteiger partial charge in [0.1, 0.15) is 0 Å². The zero-order valence-corrected chi connectivity index (χ0v) is 12.4. The van der Waals surface area contributed by atoms with Crippen LogP contribution in [-0.4, -0.2) is 75.3 Å². The van der Waals surface area contributed by atoms with Crippen LogP contribution in [0.25, 0.3) is 0 Å². The minimum absolute atomic E-state index is 0.0845. The number of carbonyl (C=O) groups excluding carboxylic acids is 1. The van der Waals surface area contributed by atoms with E-state index in [1.165, 1.54) is 0 Å². The van der Waals surface area contributed by atoms with Gasteiger partial charge in [0.25, 0.3) is 0 Å². The lowest BCUT2D eigenvalue weighted by atomic mass is 10.1. The lowest BCUT2D eigenvalue weighted by Crippen LogP contribution is -2.47. The van der Waals surface area contributed by atoms with Gasteiger partial charge in [0.05, 0.1) is 19.0 Å². The van der Waals surface area contributed by atoms with E-state index in [1.54, 1.807) is 4.90 Å². The first-order valence-corrected chi connectivity index (χ1v) is 8.42. The number of morpholine rings is 1. The molecule has 0 aromatic heterocycles. The van der Waals surface area contributed by atoms with Crippen molar-refractivity contribution in [2.24, 2.45) is 5.92 Å². The van der Waals surface area contributed by atoms with Gasteiger partial charge in [-0.15, -0.1) is 3.89 Å². The SMILES string of the molecule is CC(CN1CC(CS(=O)(=O)F)CC1=O)N1CCOCC1. The molecule has 0 radical (unpaired) electrons. The first-order chi connectivity index (χ1) is 9.35. The third kappa shape index (κ3) is 4.39. The van der Waals surface area contributed by atoms with Gasteiger partial charge in [0, 0.05) is 44.6 Å². The summed E-state index contributed by atoms with van der Waals surface area (Å²) < 4.78 is 39.3. The topological polar surface area (TPSA) is 66.9 Å². The van der Waals surface area contributed by atoms with Crippen molar-refractivity contribution >= 4 is 16.1 Å². The van der Waals surface area contributed by atoms with Gasteiger partial charge in [-0.25, -0.2) is 0 Å².